The predicted molar refractivity (Wildman–Crippen MR) is 74.0 cm³/mol. The van der Waals surface area contributed by atoms with Gasteiger partial charge in [-0.05, 0) is 30.2 Å². The van der Waals surface area contributed by atoms with Gasteiger partial charge >= 0.3 is 0 Å². The first kappa shape index (κ1) is 13.0. The van der Waals surface area contributed by atoms with Gasteiger partial charge in [0.25, 0.3) is 5.69 Å². The van der Waals surface area contributed by atoms with Crippen LogP contribution in [-0.2, 0) is 13.0 Å². The van der Waals surface area contributed by atoms with Crippen LogP contribution >= 0.6 is 0 Å². The zero-order valence-corrected chi connectivity index (χ0v) is 10.7. The monoisotopic (exact) mass is 257 g/mol. The molecule has 0 saturated carbocycles. The van der Waals surface area contributed by atoms with Crippen LogP contribution < -0.4 is 5.32 Å². The Bertz CT molecular complexity index is 567. The van der Waals surface area contributed by atoms with E-state index in [2.05, 4.69) is 23.3 Å². The highest BCUT2D eigenvalue weighted by Crippen LogP contribution is 2.16. The predicted octanol–water partition coefficient (Wildman–Crippen LogP) is 3.16. The van der Waals surface area contributed by atoms with Crippen molar-refractivity contribution in [3.8, 4) is 0 Å². The molecule has 19 heavy (non-hydrogen) atoms. The number of non-ortho nitro benzene ring substituents is 1. The summed E-state index contributed by atoms with van der Waals surface area (Å²) in [6.07, 6.45) is 2.71. The zero-order valence-electron chi connectivity index (χ0n) is 10.7. The Morgan fingerprint density at radius 2 is 2.00 bits per heavy atom. The molecule has 0 atom stereocenters. The maximum atomic E-state index is 10.6. The Kier molecular flexibility index (Phi) is 4.07. The summed E-state index contributed by atoms with van der Waals surface area (Å²) in [5, 5.41) is 13.8. The Hall–Kier alpha value is -2.43. The fourth-order valence-corrected chi connectivity index (χ4v) is 1.84. The molecule has 0 fully saturated rings. The number of nitrogens with one attached hydrogen (secondary N) is 1. The highest BCUT2D eigenvalue weighted by Gasteiger charge is 2.05. The van der Waals surface area contributed by atoms with Gasteiger partial charge in [-0.3, -0.25) is 15.1 Å². The standard InChI is InChI=1S/C14H15N3O2/c1-2-11-4-3-9-15-14(11)10-16-12-5-7-13(8-6-12)17(18)19/h3-9,16H,2,10H2,1H3. The normalized spacial score (nSPS) is 10.2. The van der Waals surface area contributed by atoms with Crippen LogP contribution in [0.2, 0.25) is 0 Å². The molecule has 0 radical (unpaired) electrons. The van der Waals surface area contributed by atoms with E-state index in [9.17, 15) is 10.1 Å². The minimum absolute atomic E-state index is 0.0950. The SMILES string of the molecule is CCc1cccnc1CNc1ccc([N+](=O)[O-])cc1. The third-order valence-corrected chi connectivity index (χ3v) is 2.90. The lowest BCUT2D eigenvalue weighted by molar-refractivity contribution is -0.384. The van der Waals surface area contributed by atoms with Gasteiger partial charge in [0, 0.05) is 24.0 Å². The molecule has 1 heterocycles. The highest BCUT2D eigenvalue weighted by atomic mass is 16.6. The summed E-state index contributed by atoms with van der Waals surface area (Å²) < 4.78 is 0. The van der Waals surface area contributed by atoms with E-state index in [1.807, 2.05) is 6.07 Å². The maximum Gasteiger partial charge on any atom is 0.269 e. The number of hydrogen-bond donors (Lipinski definition) is 1. The molecule has 1 aromatic heterocycles. The number of nitro benzene ring substituents is 1. The van der Waals surface area contributed by atoms with E-state index >= 15 is 0 Å². The minimum atomic E-state index is -0.405. The van der Waals surface area contributed by atoms with Crippen molar-refractivity contribution in [3.63, 3.8) is 0 Å². The van der Waals surface area contributed by atoms with Crippen molar-refractivity contribution in [1.82, 2.24) is 4.98 Å². The number of nitrogens with zero attached hydrogens (tertiary/aromatic N) is 2. The fourth-order valence-electron chi connectivity index (χ4n) is 1.84. The van der Waals surface area contributed by atoms with Crippen LogP contribution in [-0.4, -0.2) is 9.91 Å². The first-order chi connectivity index (χ1) is 9.20. The first-order valence-electron chi connectivity index (χ1n) is 6.12. The fraction of sp³-hybridized carbons (Fsp3) is 0.214. The van der Waals surface area contributed by atoms with E-state index in [4.69, 9.17) is 0 Å². The van der Waals surface area contributed by atoms with Crippen LogP contribution in [0.15, 0.2) is 42.6 Å². The molecule has 0 amide bonds. The number of benzene rings is 1. The molecular weight excluding hydrogens is 242 g/mol. The summed E-state index contributed by atoms with van der Waals surface area (Å²) in [4.78, 5) is 14.5. The number of pyridine rings is 1. The van der Waals surface area contributed by atoms with Crippen molar-refractivity contribution in [2.45, 2.75) is 19.9 Å². The average Bonchev–Trinajstić information content (AvgIpc) is 2.45. The molecule has 0 aliphatic carbocycles. The number of nitro groups is 1. The summed E-state index contributed by atoms with van der Waals surface area (Å²) in [6.45, 7) is 2.70. The van der Waals surface area contributed by atoms with E-state index in [-0.39, 0.29) is 5.69 Å². The van der Waals surface area contributed by atoms with E-state index in [1.54, 1.807) is 18.3 Å². The van der Waals surface area contributed by atoms with Crippen LogP contribution in [0.5, 0.6) is 0 Å². The molecule has 2 aromatic rings. The van der Waals surface area contributed by atoms with E-state index in [0.717, 1.165) is 17.8 Å². The summed E-state index contributed by atoms with van der Waals surface area (Å²) in [5.41, 5.74) is 3.15. The van der Waals surface area contributed by atoms with Crippen LogP contribution in [0, 0.1) is 10.1 Å². The Balaban J connectivity index is 2.04. The van der Waals surface area contributed by atoms with Gasteiger partial charge < -0.3 is 5.32 Å². The molecule has 1 aromatic carbocycles. The van der Waals surface area contributed by atoms with E-state index < -0.39 is 4.92 Å². The van der Waals surface area contributed by atoms with Gasteiger partial charge in [-0.15, -0.1) is 0 Å². The van der Waals surface area contributed by atoms with Gasteiger partial charge in [-0.25, -0.2) is 0 Å². The Morgan fingerprint density at radius 3 is 2.63 bits per heavy atom. The van der Waals surface area contributed by atoms with Crippen molar-refractivity contribution in [2.24, 2.45) is 0 Å². The van der Waals surface area contributed by atoms with Crippen molar-refractivity contribution in [2.75, 3.05) is 5.32 Å². The molecule has 5 nitrogen and oxygen atoms in total. The second-order valence-corrected chi connectivity index (χ2v) is 4.12. The lowest BCUT2D eigenvalue weighted by atomic mass is 10.1. The van der Waals surface area contributed by atoms with Gasteiger partial charge in [0.15, 0.2) is 0 Å². The Labute approximate surface area is 111 Å². The number of anilines is 1. The molecule has 0 aliphatic rings. The van der Waals surface area contributed by atoms with Crippen molar-refractivity contribution in [1.29, 1.82) is 0 Å². The van der Waals surface area contributed by atoms with Crippen molar-refractivity contribution in [3.05, 3.63) is 64.0 Å². The average molecular weight is 257 g/mol. The van der Waals surface area contributed by atoms with Gasteiger partial charge in [0.05, 0.1) is 17.2 Å². The zero-order chi connectivity index (χ0) is 13.7. The lowest BCUT2D eigenvalue weighted by Gasteiger charge is -2.09. The lowest BCUT2D eigenvalue weighted by Crippen LogP contribution is -2.04. The summed E-state index contributed by atoms with van der Waals surface area (Å²) in [7, 11) is 0. The molecule has 2 rings (SSSR count). The van der Waals surface area contributed by atoms with Gasteiger partial charge in [0.2, 0.25) is 0 Å². The van der Waals surface area contributed by atoms with Crippen LogP contribution in [0.4, 0.5) is 11.4 Å². The summed E-state index contributed by atoms with van der Waals surface area (Å²) in [5.74, 6) is 0. The van der Waals surface area contributed by atoms with Crippen molar-refractivity contribution >= 4 is 11.4 Å². The number of hydrogen-bond acceptors (Lipinski definition) is 4. The minimum Gasteiger partial charge on any atom is -0.379 e. The second-order valence-electron chi connectivity index (χ2n) is 4.12. The van der Waals surface area contributed by atoms with Crippen LogP contribution in [0.1, 0.15) is 18.2 Å². The third kappa shape index (κ3) is 3.28. The molecule has 98 valence electrons. The van der Waals surface area contributed by atoms with E-state index in [0.29, 0.717) is 6.54 Å². The van der Waals surface area contributed by atoms with Crippen LogP contribution in [0.25, 0.3) is 0 Å². The quantitative estimate of drug-likeness (QED) is 0.660. The molecule has 0 unspecified atom stereocenters. The van der Waals surface area contributed by atoms with Gasteiger partial charge in [0.1, 0.15) is 0 Å². The number of aryl methyl sites for hydroxylation is 1. The highest BCUT2D eigenvalue weighted by molar-refractivity contribution is 5.48. The van der Waals surface area contributed by atoms with E-state index in [1.165, 1.54) is 17.7 Å². The first-order valence-corrected chi connectivity index (χ1v) is 6.12. The molecule has 0 spiro atoms. The van der Waals surface area contributed by atoms with Gasteiger partial charge in [-0.1, -0.05) is 13.0 Å². The summed E-state index contributed by atoms with van der Waals surface area (Å²) >= 11 is 0. The molecule has 1 N–H and O–H groups in total. The smallest absolute Gasteiger partial charge is 0.269 e. The maximum absolute atomic E-state index is 10.6. The van der Waals surface area contributed by atoms with Crippen LogP contribution in [0.3, 0.4) is 0 Å². The third-order valence-electron chi connectivity index (χ3n) is 2.90. The molecular formula is C14H15N3O2. The largest absolute Gasteiger partial charge is 0.379 e. The Morgan fingerprint density at radius 1 is 1.26 bits per heavy atom. The molecule has 0 bridgehead atoms. The number of rotatable bonds is 5. The number of aromatic nitrogens is 1. The summed E-state index contributed by atoms with van der Waals surface area (Å²) in [6, 6.07) is 10.4. The van der Waals surface area contributed by atoms with Crippen molar-refractivity contribution < 1.29 is 4.92 Å². The topological polar surface area (TPSA) is 68.1 Å². The van der Waals surface area contributed by atoms with Gasteiger partial charge in [-0.2, -0.15) is 0 Å². The molecule has 0 saturated heterocycles. The molecule has 5 heteroatoms. The molecule has 0 aliphatic heterocycles. The second kappa shape index (κ2) is 5.95.